The number of para-hydroxylation sites is 1. The van der Waals surface area contributed by atoms with E-state index in [0.29, 0.717) is 0 Å². The average Bonchev–Trinajstić information content (AvgIpc) is 2.56. The van der Waals surface area contributed by atoms with Crippen molar-refractivity contribution in [1.29, 1.82) is 0 Å². The molecule has 6 nitrogen and oxygen atoms in total. The van der Waals surface area contributed by atoms with Crippen molar-refractivity contribution in [2.45, 2.75) is 45.9 Å². The van der Waals surface area contributed by atoms with Crippen molar-refractivity contribution in [2.75, 3.05) is 6.61 Å². The predicted molar refractivity (Wildman–Crippen MR) is 92.2 cm³/mol. The number of esters is 3. The van der Waals surface area contributed by atoms with Gasteiger partial charge in [0.15, 0.2) is 6.61 Å². The van der Waals surface area contributed by atoms with Gasteiger partial charge in [-0.2, -0.15) is 13.2 Å². The summed E-state index contributed by atoms with van der Waals surface area (Å²) >= 11 is 0. The van der Waals surface area contributed by atoms with Gasteiger partial charge in [-0.25, -0.2) is 0 Å². The average molecular weight is 404 g/mol. The van der Waals surface area contributed by atoms with Crippen molar-refractivity contribution < 1.29 is 41.8 Å². The Labute approximate surface area is 160 Å². The molecule has 2 unspecified atom stereocenters. The summed E-state index contributed by atoms with van der Waals surface area (Å²) in [7, 11) is 0. The number of carbonyl (C=O) groups excluding carboxylic acids is 3. The molecule has 0 aliphatic heterocycles. The van der Waals surface area contributed by atoms with Crippen molar-refractivity contribution in [3.05, 3.63) is 30.3 Å². The highest BCUT2D eigenvalue weighted by Crippen LogP contribution is 2.29. The fraction of sp³-hybridized carbons (Fsp3) is 0.526. The predicted octanol–water partition coefficient (Wildman–Crippen LogP) is 3.68. The second-order valence-corrected chi connectivity index (χ2v) is 6.91. The Bertz CT molecular complexity index is 685. The standard InChI is InChI=1S/C19H23F3O6/c1-12(16(24)27-14-8-6-5-7-9-14)15(10-18(3,4)28-13(2)23)17(25)26-11-19(20,21)22/h5-9,12,15H,10-11H2,1-4H3. The van der Waals surface area contributed by atoms with Crippen LogP contribution in [0.2, 0.25) is 0 Å². The van der Waals surface area contributed by atoms with Gasteiger partial charge in [0, 0.05) is 13.3 Å². The van der Waals surface area contributed by atoms with Crippen molar-refractivity contribution in [2.24, 2.45) is 11.8 Å². The van der Waals surface area contributed by atoms with Crippen molar-refractivity contribution in [3.63, 3.8) is 0 Å². The number of carbonyl (C=O) groups is 3. The summed E-state index contributed by atoms with van der Waals surface area (Å²) in [5, 5.41) is 0. The van der Waals surface area contributed by atoms with Crippen LogP contribution in [0.1, 0.15) is 34.1 Å². The maximum atomic E-state index is 12.4. The van der Waals surface area contributed by atoms with Crippen molar-refractivity contribution >= 4 is 17.9 Å². The highest BCUT2D eigenvalue weighted by molar-refractivity contribution is 5.83. The molecule has 9 heteroatoms. The minimum Gasteiger partial charge on any atom is -0.460 e. The Morgan fingerprint density at radius 3 is 2.11 bits per heavy atom. The van der Waals surface area contributed by atoms with E-state index in [1.165, 1.54) is 32.9 Å². The van der Waals surface area contributed by atoms with Gasteiger partial charge in [-0.1, -0.05) is 25.1 Å². The molecule has 0 spiro atoms. The van der Waals surface area contributed by atoms with Crippen LogP contribution in [0.4, 0.5) is 13.2 Å². The first-order valence-electron chi connectivity index (χ1n) is 8.50. The Kier molecular flexibility index (Phi) is 8.01. The summed E-state index contributed by atoms with van der Waals surface area (Å²) in [5.41, 5.74) is -1.21. The summed E-state index contributed by atoms with van der Waals surface area (Å²) in [6.45, 7) is 3.68. The molecule has 1 aromatic carbocycles. The number of alkyl halides is 3. The fourth-order valence-corrected chi connectivity index (χ4v) is 2.55. The number of halogens is 3. The summed E-state index contributed by atoms with van der Waals surface area (Å²) in [6.07, 6.45) is -4.94. The molecule has 1 rings (SSSR count). The Morgan fingerprint density at radius 2 is 1.61 bits per heavy atom. The molecule has 0 aromatic heterocycles. The highest BCUT2D eigenvalue weighted by Gasteiger charge is 2.40. The number of ether oxygens (including phenoxy) is 3. The van der Waals surface area contributed by atoms with Crippen LogP contribution >= 0.6 is 0 Å². The van der Waals surface area contributed by atoms with Crippen molar-refractivity contribution in [3.8, 4) is 5.75 Å². The van der Waals surface area contributed by atoms with E-state index in [0.717, 1.165) is 6.92 Å². The van der Waals surface area contributed by atoms with Crippen LogP contribution < -0.4 is 4.74 Å². The molecule has 0 N–H and O–H groups in total. The molecule has 28 heavy (non-hydrogen) atoms. The van der Waals surface area contributed by atoms with Gasteiger partial charge in [0.2, 0.25) is 0 Å². The van der Waals surface area contributed by atoms with E-state index >= 15 is 0 Å². The minimum absolute atomic E-state index is 0.223. The second-order valence-electron chi connectivity index (χ2n) is 6.91. The van der Waals surface area contributed by atoms with Crippen LogP contribution in [-0.4, -0.2) is 36.3 Å². The zero-order valence-electron chi connectivity index (χ0n) is 16.0. The van der Waals surface area contributed by atoms with E-state index in [1.807, 2.05) is 0 Å². The van der Waals surface area contributed by atoms with Gasteiger partial charge < -0.3 is 14.2 Å². The van der Waals surface area contributed by atoms with Gasteiger partial charge in [-0.3, -0.25) is 14.4 Å². The van der Waals surface area contributed by atoms with Crippen LogP contribution in [-0.2, 0) is 23.9 Å². The highest BCUT2D eigenvalue weighted by atomic mass is 19.4. The number of rotatable bonds is 8. The lowest BCUT2D eigenvalue weighted by molar-refractivity contribution is -0.192. The molecule has 0 fully saturated rings. The lowest BCUT2D eigenvalue weighted by Gasteiger charge is -2.30. The molecule has 0 saturated heterocycles. The van der Waals surface area contributed by atoms with Crippen molar-refractivity contribution in [1.82, 2.24) is 0 Å². The molecule has 0 radical (unpaired) electrons. The van der Waals surface area contributed by atoms with Gasteiger partial charge in [-0.15, -0.1) is 0 Å². The van der Waals surface area contributed by atoms with E-state index in [-0.39, 0.29) is 12.2 Å². The third-order valence-corrected chi connectivity index (χ3v) is 3.75. The third kappa shape index (κ3) is 8.41. The smallest absolute Gasteiger partial charge is 0.422 e. The Morgan fingerprint density at radius 1 is 1.04 bits per heavy atom. The zero-order chi connectivity index (χ0) is 21.5. The topological polar surface area (TPSA) is 78.9 Å². The minimum atomic E-state index is -4.71. The fourth-order valence-electron chi connectivity index (χ4n) is 2.55. The van der Waals surface area contributed by atoms with Crippen LogP contribution in [0.5, 0.6) is 5.75 Å². The van der Waals surface area contributed by atoms with E-state index < -0.39 is 48.1 Å². The number of benzene rings is 1. The maximum absolute atomic E-state index is 12.4. The van der Waals surface area contributed by atoms with Gasteiger partial charge in [0.1, 0.15) is 11.4 Å². The number of hydrogen-bond donors (Lipinski definition) is 0. The first kappa shape index (κ1) is 23.5. The SMILES string of the molecule is CC(=O)OC(C)(C)CC(C(=O)OCC(F)(F)F)C(C)C(=O)Oc1ccccc1. The lowest BCUT2D eigenvalue weighted by atomic mass is 9.84. The molecule has 1 aromatic rings. The first-order chi connectivity index (χ1) is 12.8. The Hall–Kier alpha value is -2.58. The quantitative estimate of drug-likeness (QED) is 0.486. The molecule has 0 aliphatic rings. The molecular formula is C19H23F3O6. The molecule has 0 bridgehead atoms. The number of hydrogen-bond acceptors (Lipinski definition) is 6. The van der Waals surface area contributed by atoms with E-state index in [2.05, 4.69) is 4.74 Å². The van der Waals surface area contributed by atoms with E-state index in [4.69, 9.17) is 9.47 Å². The summed E-state index contributed by atoms with van der Waals surface area (Å²) in [4.78, 5) is 35.9. The van der Waals surface area contributed by atoms with Crippen LogP contribution in [0.25, 0.3) is 0 Å². The lowest BCUT2D eigenvalue weighted by Crippen LogP contribution is -2.40. The van der Waals surface area contributed by atoms with Gasteiger partial charge >= 0.3 is 24.1 Å². The molecule has 0 heterocycles. The molecular weight excluding hydrogens is 381 g/mol. The second kappa shape index (κ2) is 9.57. The summed E-state index contributed by atoms with van der Waals surface area (Å²) in [6, 6.07) is 8.01. The summed E-state index contributed by atoms with van der Waals surface area (Å²) < 4.78 is 51.8. The van der Waals surface area contributed by atoms with Crippen LogP contribution in [0.3, 0.4) is 0 Å². The Balaban J connectivity index is 2.98. The summed E-state index contributed by atoms with van der Waals surface area (Å²) in [5.74, 6) is -4.91. The normalized spacial score (nSPS) is 14.0. The van der Waals surface area contributed by atoms with E-state index in [9.17, 15) is 27.6 Å². The van der Waals surface area contributed by atoms with Gasteiger partial charge in [-0.05, 0) is 26.0 Å². The van der Waals surface area contributed by atoms with E-state index in [1.54, 1.807) is 18.2 Å². The molecule has 156 valence electrons. The zero-order valence-corrected chi connectivity index (χ0v) is 16.0. The van der Waals surface area contributed by atoms with Crippen LogP contribution in [0, 0.1) is 11.8 Å². The maximum Gasteiger partial charge on any atom is 0.422 e. The monoisotopic (exact) mass is 404 g/mol. The van der Waals surface area contributed by atoms with Gasteiger partial charge in [0.25, 0.3) is 0 Å². The molecule has 0 aliphatic carbocycles. The largest absolute Gasteiger partial charge is 0.460 e. The van der Waals surface area contributed by atoms with Gasteiger partial charge in [0.05, 0.1) is 11.8 Å². The first-order valence-corrected chi connectivity index (χ1v) is 8.50. The molecule has 0 saturated carbocycles. The molecule has 2 atom stereocenters. The third-order valence-electron chi connectivity index (χ3n) is 3.75. The van der Waals surface area contributed by atoms with Crippen LogP contribution in [0.15, 0.2) is 30.3 Å². The molecule has 0 amide bonds.